The number of aliphatic hydroxyl groups excluding tert-OH is 1. The first kappa shape index (κ1) is 21.5. The minimum Gasteiger partial charge on any atom is -0.493 e. The molecule has 0 saturated carbocycles. The molecule has 0 aliphatic heterocycles. The van der Waals surface area contributed by atoms with Crippen molar-refractivity contribution in [3.8, 4) is 28.5 Å². The van der Waals surface area contributed by atoms with Crippen molar-refractivity contribution in [1.29, 1.82) is 0 Å². The summed E-state index contributed by atoms with van der Waals surface area (Å²) < 4.78 is 16.2. The molecule has 6 heteroatoms. The van der Waals surface area contributed by atoms with Crippen molar-refractivity contribution in [2.24, 2.45) is 0 Å². The number of benzene rings is 2. The minimum atomic E-state index is -0.123. The fourth-order valence-electron chi connectivity index (χ4n) is 3.48. The van der Waals surface area contributed by atoms with Gasteiger partial charge in [-0.3, -0.25) is 4.79 Å². The highest BCUT2D eigenvalue weighted by Crippen LogP contribution is 2.39. The molecule has 158 valence electrons. The van der Waals surface area contributed by atoms with Crippen LogP contribution in [0.1, 0.15) is 34.3 Å². The van der Waals surface area contributed by atoms with E-state index >= 15 is 0 Å². The number of hydrogen-bond acceptors (Lipinski definition) is 5. The lowest BCUT2D eigenvalue weighted by atomic mass is 9.92. The van der Waals surface area contributed by atoms with Crippen molar-refractivity contribution in [1.82, 2.24) is 4.98 Å². The number of H-pyrrole nitrogens is 1. The van der Waals surface area contributed by atoms with E-state index < -0.39 is 0 Å². The quantitative estimate of drug-likeness (QED) is 0.386. The Morgan fingerprint density at radius 3 is 2.27 bits per heavy atom. The van der Waals surface area contributed by atoms with Gasteiger partial charge in [0.15, 0.2) is 17.3 Å². The van der Waals surface area contributed by atoms with Gasteiger partial charge in [-0.15, -0.1) is 0 Å². The average Bonchev–Trinajstić information content (AvgIpc) is 3.32. The first-order valence-electron chi connectivity index (χ1n) is 9.85. The molecule has 1 heterocycles. The second-order valence-corrected chi connectivity index (χ2v) is 6.88. The zero-order valence-electron chi connectivity index (χ0n) is 17.5. The normalized spacial score (nSPS) is 10.7. The zero-order chi connectivity index (χ0) is 21.5. The topological polar surface area (TPSA) is 80.8 Å². The molecule has 1 aromatic heterocycles. The molecule has 6 nitrogen and oxygen atoms in total. The number of methoxy groups -OCH3 is 3. The van der Waals surface area contributed by atoms with Crippen molar-refractivity contribution in [3.05, 3.63) is 65.4 Å². The van der Waals surface area contributed by atoms with Crippen molar-refractivity contribution >= 4 is 5.78 Å². The summed E-state index contributed by atoms with van der Waals surface area (Å²) in [5.41, 5.74) is 3.89. The molecule has 2 aromatic carbocycles. The second kappa shape index (κ2) is 9.98. The van der Waals surface area contributed by atoms with Crippen LogP contribution in [0.4, 0.5) is 0 Å². The maximum Gasteiger partial charge on any atom is 0.203 e. The van der Waals surface area contributed by atoms with Gasteiger partial charge in [0.1, 0.15) is 0 Å². The number of rotatable bonds is 10. The number of ketones is 1. The number of aromatic amines is 1. The molecule has 0 aliphatic carbocycles. The molecular weight excluding hydrogens is 382 g/mol. The summed E-state index contributed by atoms with van der Waals surface area (Å²) in [6, 6.07) is 13.1. The van der Waals surface area contributed by atoms with E-state index in [-0.39, 0.29) is 12.4 Å². The van der Waals surface area contributed by atoms with Crippen LogP contribution in [0.5, 0.6) is 17.2 Å². The number of aliphatic hydroxyl groups is 1. The number of unbranched alkanes of at least 4 members (excludes halogenated alkanes) is 1. The van der Waals surface area contributed by atoms with Crippen LogP contribution >= 0.6 is 0 Å². The summed E-state index contributed by atoms with van der Waals surface area (Å²) in [5.74, 6) is 1.19. The lowest BCUT2D eigenvalue weighted by molar-refractivity contribution is 0.103. The minimum absolute atomic E-state index is 0.123. The van der Waals surface area contributed by atoms with E-state index in [0.717, 1.165) is 23.2 Å². The molecule has 0 radical (unpaired) electrons. The van der Waals surface area contributed by atoms with Gasteiger partial charge in [0, 0.05) is 29.6 Å². The SMILES string of the molecule is COc1cc(C(=O)c2cc(-c3ccc[nH]3)ccc2CCCCO)cc(OC)c1OC. The molecule has 0 bridgehead atoms. The van der Waals surface area contributed by atoms with Gasteiger partial charge in [-0.25, -0.2) is 0 Å². The predicted octanol–water partition coefficient (Wildman–Crippen LogP) is 4.25. The highest BCUT2D eigenvalue weighted by atomic mass is 16.5. The fraction of sp³-hybridized carbons (Fsp3) is 0.292. The number of aryl methyl sites for hydroxylation is 1. The van der Waals surface area contributed by atoms with Crippen molar-refractivity contribution in [2.75, 3.05) is 27.9 Å². The van der Waals surface area contributed by atoms with Crippen LogP contribution in [0, 0.1) is 0 Å². The number of hydrogen-bond donors (Lipinski definition) is 2. The van der Waals surface area contributed by atoms with Crippen LogP contribution in [0.15, 0.2) is 48.7 Å². The Bertz CT molecular complexity index is 970. The zero-order valence-corrected chi connectivity index (χ0v) is 17.5. The second-order valence-electron chi connectivity index (χ2n) is 6.88. The van der Waals surface area contributed by atoms with E-state index in [1.54, 1.807) is 12.1 Å². The molecule has 3 rings (SSSR count). The average molecular weight is 409 g/mol. The van der Waals surface area contributed by atoms with E-state index in [4.69, 9.17) is 19.3 Å². The van der Waals surface area contributed by atoms with Gasteiger partial charge >= 0.3 is 0 Å². The van der Waals surface area contributed by atoms with Crippen LogP contribution in [-0.2, 0) is 6.42 Å². The molecule has 0 spiro atoms. The van der Waals surface area contributed by atoms with Crippen LogP contribution in [0.2, 0.25) is 0 Å². The van der Waals surface area contributed by atoms with Gasteiger partial charge in [-0.1, -0.05) is 12.1 Å². The van der Waals surface area contributed by atoms with Gasteiger partial charge in [0.25, 0.3) is 0 Å². The predicted molar refractivity (Wildman–Crippen MR) is 116 cm³/mol. The third kappa shape index (κ3) is 4.49. The summed E-state index contributed by atoms with van der Waals surface area (Å²) >= 11 is 0. The number of aromatic nitrogens is 1. The Labute approximate surface area is 176 Å². The van der Waals surface area contributed by atoms with E-state index in [1.807, 2.05) is 36.5 Å². The first-order valence-corrected chi connectivity index (χ1v) is 9.85. The van der Waals surface area contributed by atoms with E-state index in [0.29, 0.717) is 41.2 Å². The van der Waals surface area contributed by atoms with Gasteiger partial charge in [0.05, 0.1) is 21.3 Å². The fourth-order valence-corrected chi connectivity index (χ4v) is 3.48. The highest BCUT2D eigenvalue weighted by molar-refractivity contribution is 6.11. The summed E-state index contributed by atoms with van der Waals surface area (Å²) in [6.45, 7) is 0.136. The third-order valence-electron chi connectivity index (χ3n) is 5.04. The molecule has 0 unspecified atom stereocenters. The Kier molecular flexibility index (Phi) is 7.14. The summed E-state index contributed by atoms with van der Waals surface area (Å²) in [4.78, 5) is 16.7. The Hall–Kier alpha value is -3.25. The van der Waals surface area contributed by atoms with Crippen molar-refractivity contribution < 1.29 is 24.1 Å². The van der Waals surface area contributed by atoms with Crippen LogP contribution in [0.25, 0.3) is 11.3 Å². The van der Waals surface area contributed by atoms with Crippen molar-refractivity contribution in [2.45, 2.75) is 19.3 Å². The number of carbonyl (C=O) groups is 1. The van der Waals surface area contributed by atoms with E-state index in [2.05, 4.69) is 4.98 Å². The van der Waals surface area contributed by atoms with Crippen LogP contribution in [-0.4, -0.2) is 43.8 Å². The summed E-state index contributed by atoms with van der Waals surface area (Å²) in [6.07, 6.45) is 4.05. The van der Waals surface area contributed by atoms with Crippen LogP contribution in [0.3, 0.4) is 0 Å². The standard InChI is InChI=1S/C24H27NO5/c1-28-21-14-18(15-22(29-2)24(21)30-3)23(27)19-13-17(20-8-6-11-25-20)10-9-16(19)7-4-5-12-26/h6,8-11,13-15,25-26H,4-5,7,12H2,1-3H3. The van der Waals surface area contributed by atoms with E-state index in [9.17, 15) is 4.79 Å². The lowest BCUT2D eigenvalue weighted by Crippen LogP contribution is -2.08. The largest absolute Gasteiger partial charge is 0.493 e. The first-order chi connectivity index (χ1) is 14.6. The maximum atomic E-state index is 13.5. The smallest absolute Gasteiger partial charge is 0.203 e. The number of nitrogens with one attached hydrogen (secondary N) is 1. The number of carbonyl (C=O) groups excluding carboxylic acids is 1. The van der Waals surface area contributed by atoms with Gasteiger partial charge in [-0.2, -0.15) is 0 Å². The molecule has 0 amide bonds. The molecular formula is C24H27NO5. The summed E-state index contributed by atoms with van der Waals surface area (Å²) in [7, 11) is 4.58. The van der Waals surface area contributed by atoms with Crippen molar-refractivity contribution in [3.63, 3.8) is 0 Å². The molecule has 3 aromatic rings. The Morgan fingerprint density at radius 1 is 0.967 bits per heavy atom. The highest BCUT2D eigenvalue weighted by Gasteiger charge is 2.20. The number of ether oxygens (including phenoxy) is 3. The third-order valence-corrected chi connectivity index (χ3v) is 5.04. The Balaban J connectivity index is 2.07. The van der Waals surface area contributed by atoms with Gasteiger partial charge in [-0.05, 0) is 60.7 Å². The molecule has 2 N–H and O–H groups in total. The maximum absolute atomic E-state index is 13.5. The lowest BCUT2D eigenvalue weighted by Gasteiger charge is -2.15. The molecule has 30 heavy (non-hydrogen) atoms. The molecule has 0 saturated heterocycles. The van der Waals surface area contributed by atoms with E-state index in [1.165, 1.54) is 21.3 Å². The van der Waals surface area contributed by atoms with Gasteiger partial charge < -0.3 is 24.3 Å². The molecule has 0 fully saturated rings. The summed E-state index contributed by atoms with van der Waals surface area (Å²) in [5, 5.41) is 9.12. The van der Waals surface area contributed by atoms with Crippen LogP contribution < -0.4 is 14.2 Å². The molecule has 0 atom stereocenters. The molecule has 0 aliphatic rings. The monoisotopic (exact) mass is 409 g/mol. The Morgan fingerprint density at radius 2 is 1.70 bits per heavy atom. The van der Waals surface area contributed by atoms with Gasteiger partial charge in [0.2, 0.25) is 5.75 Å².